The van der Waals surface area contributed by atoms with Gasteiger partial charge in [-0.05, 0) is 37.0 Å². The van der Waals surface area contributed by atoms with Gasteiger partial charge in [-0.1, -0.05) is 92.7 Å². The van der Waals surface area contributed by atoms with Crippen LogP contribution in [0.4, 0.5) is 0 Å². The first-order valence-electron chi connectivity index (χ1n) is 13.3. The van der Waals surface area contributed by atoms with E-state index in [2.05, 4.69) is 30.3 Å². The van der Waals surface area contributed by atoms with Crippen LogP contribution in [0.2, 0.25) is 0 Å². The molecule has 0 saturated heterocycles. The first kappa shape index (κ1) is 25.8. The van der Waals surface area contributed by atoms with Gasteiger partial charge in [0.2, 0.25) is 0 Å². The second kappa shape index (κ2) is 11.3. The molecule has 5 aromatic rings. The zero-order chi connectivity index (χ0) is 26.6. The molecular weight excluding hydrogens is 488 g/mol. The van der Waals surface area contributed by atoms with Crippen molar-refractivity contribution >= 4 is 27.2 Å². The summed E-state index contributed by atoms with van der Waals surface area (Å²) in [5.41, 5.74) is 4.41. The van der Waals surface area contributed by atoms with Gasteiger partial charge in [-0.15, -0.1) is 11.3 Å². The molecule has 0 aliphatic heterocycles. The van der Waals surface area contributed by atoms with Crippen molar-refractivity contribution in [2.45, 2.75) is 46.1 Å². The van der Waals surface area contributed by atoms with Crippen molar-refractivity contribution in [1.29, 1.82) is 0 Å². The number of ketones is 1. The highest BCUT2D eigenvalue weighted by atomic mass is 32.1. The first-order valence-corrected chi connectivity index (χ1v) is 14.2. The van der Waals surface area contributed by atoms with Crippen LogP contribution in [-0.2, 0) is 12.8 Å². The number of benzene rings is 3. The Labute approximate surface area is 227 Å². The average Bonchev–Trinajstić information content (AvgIpc) is 3.41. The minimum Gasteiger partial charge on any atom is -0.294 e. The van der Waals surface area contributed by atoms with Crippen molar-refractivity contribution in [2.24, 2.45) is 5.92 Å². The summed E-state index contributed by atoms with van der Waals surface area (Å²) in [6, 6.07) is 28.0. The maximum atomic E-state index is 13.9. The van der Waals surface area contributed by atoms with Crippen molar-refractivity contribution in [3.63, 3.8) is 0 Å². The number of rotatable bonds is 5. The Hall–Kier alpha value is -3.83. The summed E-state index contributed by atoms with van der Waals surface area (Å²) in [4.78, 5) is 32.4. The quantitative estimate of drug-likeness (QED) is 0.227. The van der Waals surface area contributed by atoms with E-state index in [0.717, 1.165) is 38.0 Å². The summed E-state index contributed by atoms with van der Waals surface area (Å²) in [7, 11) is 0. The van der Waals surface area contributed by atoms with Crippen molar-refractivity contribution < 1.29 is 4.79 Å². The van der Waals surface area contributed by atoms with Crippen molar-refractivity contribution in [3.8, 4) is 0 Å². The Morgan fingerprint density at radius 1 is 0.921 bits per heavy atom. The average molecular weight is 521 g/mol. The van der Waals surface area contributed by atoms with Gasteiger partial charge in [-0.25, -0.2) is 4.98 Å². The third-order valence-electron chi connectivity index (χ3n) is 7.26. The smallest absolute Gasteiger partial charge is 0.257 e. The van der Waals surface area contributed by atoms with E-state index in [4.69, 9.17) is 4.98 Å². The van der Waals surface area contributed by atoms with Gasteiger partial charge in [-0.2, -0.15) is 0 Å². The molecule has 1 aliphatic carbocycles. The minimum absolute atomic E-state index is 0.00193. The van der Waals surface area contributed by atoms with E-state index in [1.54, 1.807) is 11.3 Å². The molecule has 1 aliphatic rings. The van der Waals surface area contributed by atoms with E-state index in [-0.39, 0.29) is 23.3 Å². The van der Waals surface area contributed by atoms with Crippen molar-refractivity contribution in [3.05, 3.63) is 134 Å². The Morgan fingerprint density at radius 2 is 1.53 bits per heavy atom. The molecule has 0 bridgehead atoms. The molecule has 5 heteroatoms. The molecule has 6 rings (SSSR count). The van der Waals surface area contributed by atoms with E-state index >= 15 is 0 Å². The Balaban J connectivity index is 0.00000144. The van der Waals surface area contributed by atoms with Crippen LogP contribution in [0, 0.1) is 12.8 Å². The summed E-state index contributed by atoms with van der Waals surface area (Å²) in [5.74, 6) is 0.676. The number of Topliss-reactive ketones (excluding diaryl/α,β-unsaturated/α-hetero) is 1. The van der Waals surface area contributed by atoms with Crippen LogP contribution in [0.1, 0.15) is 64.9 Å². The van der Waals surface area contributed by atoms with Gasteiger partial charge in [0.05, 0.1) is 11.7 Å². The van der Waals surface area contributed by atoms with E-state index in [1.807, 2.05) is 85.3 Å². The van der Waals surface area contributed by atoms with Gasteiger partial charge in [0.1, 0.15) is 5.82 Å². The van der Waals surface area contributed by atoms with Gasteiger partial charge in [-0.3, -0.25) is 14.2 Å². The summed E-state index contributed by atoms with van der Waals surface area (Å²) in [6.45, 7) is 5.90. The Morgan fingerprint density at radius 3 is 2.18 bits per heavy atom. The molecule has 0 spiro atoms. The van der Waals surface area contributed by atoms with Crippen LogP contribution in [-0.4, -0.2) is 15.3 Å². The predicted octanol–water partition coefficient (Wildman–Crippen LogP) is 7.42. The fourth-order valence-corrected chi connectivity index (χ4v) is 6.43. The predicted molar refractivity (Wildman–Crippen MR) is 156 cm³/mol. The standard InChI is InChI=1S/C31H26N2O2S.C2H6/c1-20-32-27-18-23(30(34)26-19-36-28-15-9-8-14-24(26)28)16-17-25(27)31(35)33(20)29(21-10-4-2-5-11-21)22-12-6-3-7-13-22;1-2/h2-15,19,23,29H,16-18H2,1H3;1-2H3. The molecule has 0 radical (unpaired) electrons. The van der Waals surface area contributed by atoms with Gasteiger partial charge in [0, 0.05) is 38.9 Å². The topological polar surface area (TPSA) is 52.0 Å². The molecule has 4 nitrogen and oxygen atoms in total. The van der Waals surface area contributed by atoms with Crippen LogP contribution in [0.15, 0.2) is 95.1 Å². The summed E-state index contributed by atoms with van der Waals surface area (Å²) >= 11 is 1.61. The largest absolute Gasteiger partial charge is 0.294 e. The maximum absolute atomic E-state index is 13.9. The first-order chi connectivity index (χ1) is 18.6. The van der Waals surface area contributed by atoms with E-state index < -0.39 is 0 Å². The Bertz CT molecular complexity index is 1580. The zero-order valence-electron chi connectivity index (χ0n) is 22.1. The van der Waals surface area contributed by atoms with Crippen LogP contribution in [0.3, 0.4) is 0 Å². The second-order valence-corrected chi connectivity index (χ2v) is 10.3. The number of carbonyl (C=O) groups excluding carboxylic acids is 1. The summed E-state index contributed by atoms with van der Waals surface area (Å²) in [5, 5.41) is 3.00. The monoisotopic (exact) mass is 520 g/mol. The molecule has 2 aromatic heterocycles. The fraction of sp³-hybridized carbons (Fsp3) is 0.242. The SMILES string of the molecule is CC.Cc1nc2c(c(=O)n1C(c1ccccc1)c1ccccc1)CCC(C(=O)c1csc3ccccc13)C2. The lowest BCUT2D eigenvalue weighted by molar-refractivity contribution is 0.0909. The molecule has 0 N–H and O–H groups in total. The maximum Gasteiger partial charge on any atom is 0.257 e. The third kappa shape index (κ3) is 4.74. The minimum atomic E-state index is -0.255. The van der Waals surface area contributed by atoms with Crippen molar-refractivity contribution in [2.75, 3.05) is 0 Å². The lowest BCUT2D eigenvalue weighted by atomic mass is 9.82. The number of hydrogen-bond donors (Lipinski definition) is 0. The molecule has 38 heavy (non-hydrogen) atoms. The Kier molecular flexibility index (Phi) is 7.66. The number of aromatic nitrogens is 2. The number of fused-ring (bicyclic) bond motifs is 2. The van der Waals surface area contributed by atoms with Crippen LogP contribution >= 0.6 is 11.3 Å². The highest BCUT2D eigenvalue weighted by molar-refractivity contribution is 7.17. The highest BCUT2D eigenvalue weighted by Gasteiger charge is 2.31. The zero-order valence-corrected chi connectivity index (χ0v) is 22.9. The number of aryl methyl sites for hydroxylation is 1. The molecule has 192 valence electrons. The normalized spacial score (nSPS) is 14.6. The van der Waals surface area contributed by atoms with Gasteiger partial charge < -0.3 is 0 Å². The fourth-order valence-electron chi connectivity index (χ4n) is 5.48. The van der Waals surface area contributed by atoms with E-state index in [9.17, 15) is 9.59 Å². The van der Waals surface area contributed by atoms with Crippen LogP contribution in [0.5, 0.6) is 0 Å². The summed E-state index contributed by atoms with van der Waals surface area (Å²) in [6.07, 6.45) is 1.74. The lowest BCUT2D eigenvalue weighted by Crippen LogP contribution is -2.36. The number of carbonyl (C=O) groups is 1. The van der Waals surface area contributed by atoms with Crippen LogP contribution in [0.25, 0.3) is 10.1 Å². The van der Waals surface area contributed by atoms with E-state index in [0.29, 0.717) is 25.1 Å². The van der Waals surface area contributed by atoms with Crippen molar-refractivity contribution in [1.82, 2.24) is 9.55 Å². The molecule has 2 heterocycles. The molecule has 1 unspecified atom stereocenters. The molecule has 1 atom stereocenters. The molecule has 0 saturated carbocycles. The molecule has 3 aromatic carbocycles. The van der Waals surface area contributed by atoms with Crippen LogP contribution < -0.4 is 5.56 Å². The van der Waals surface area contributed by atoms with Gasteiger partial charge >= 0.3 is 0 Å². The lowest BCUT2D eigenvalue weighted by Gasteiger charge is -2.27. The third-order valence-corrected chi connectivity index (χ3v) is 8.22. The molecule has 0 fully saturated rings. The summed E-state index contributed by atoms with van der Waals surface area (Å²) < 4.78 is 2.96. The highest BCUT2D eigenvalue weighted by Crippen LogP contribution is 2.33. The number of nitrogens with zero attached hydrogens (tertiary/aromatic N) is 2. The molecular formula is C33H32N2O2S. The second-order valence-electron chi connectivity index (χ2n) is 9.43. The van der Waals surface area contributed by atoms with Gasteiger partial charge in [0.25, 0.3) is 5.56 Å². The van der Waals surface area contributed by atoms with Gasteiger partial charge in [0.15, 0.2) is 5.78 Å². The molecule has 0 amide bonds. The number of thiophene rings is 1. The number of hydrogen-bond acceptors (Lipinski definition) is 4. The van der Waals surface area contributed by atoms with E-state index in [1.165, 1.54) is 0 Å².